The van der Waals surface area contributed by atoms with Crippen LogP contribution in [0.4, 0.5) is 13.2 Å². The largest absolute Gasteiger partial charge is 0.471 e. The molecule has 4 atom stereocenters. The highest BCUT2D eigenvalue weighted by Crippen LogP contribution is 2.46. The Labute approximate surface area is 208 Å². The van der Waals surface area contributed by atoms with E-state index in [0.29, 0.717) is 6.42 Å². The van der Waals surface area contributed by atoms with Crippen LogP contribution in [0.15, 0.2) is 0 Å². The average molecular weight is 514 g/mol. The highest BCUT2D eigenvalue weighted by atomic mass is 19.4. The van der Waals surface area contributed by atoms with Gasteiger partial charge in [-0.15, -0.1) is 0 Å². The predicted molar refractivity (Wildman–Crippen MR) is 122 cm³/mol. The molecule has 3 N–H and O–H groups in total. The number of carbonyl (C=O) groups excluding carboxylic acids is 4. The molecular formula is C24H34F3N5O4. The molecule has 3 rings (SSSR count). The van der Waals surface area contributed by atoms with Crippen LogP contribution < -0.4 is 16.0 Å². The standard InChI is InChI=1S/C24H34F3N5O4/c1-21(2,3)16(30-20(36)24(25,26)27)19(35)32-12-22(4,5)10-15(32)18(34)29-14(11-28)8-13-9-23(6-7-23)31-17(13)33/h13-16H,6-10,12H2,1-5H3,(H,29,34)(H,30,36)(H,31,33)/t13-,14+,15+,16-/m1/s1. The topological polar surface area (TPSA) is 131 Å². The van der Waals surface area contributed by atoms with Crippen molar-refractivity contribution in [3.05, 3.63) is 0 Å². The zero-order valence-electron chi connectivity index (χ0n) is 21.2. The summed E-state index contributed by atoms with van der Waals surface area (Å²) in [6, 6.07) is -1.52. The molecule has 9 nitrogen and oxygen atoms in total. The van der Waals surface area contributed by atoms with Crippen molar-refractivity contribution in [3.63, 3.8) is 0 Å². The van der Waals surface area contributed by atoms with Gasteiger partial charge >= 0.3 is 12.1 Å². The Balaban J connectivity index is 1.75. The number of hydrogen-bond donors (Lipinski definition) is 3. The first-order valence-corrected chi connectivity index (χ1v) is 12.1. The van der Waals surface area contributed by atoms with Crippen molar-refractivity contribution in [2.24, 2.45) is 16.7 Å². The summed E-state index contributed by atoms with van der Waals surface area (Å²) < 4.78 is 38.8. The molecule has 0 unspecified atom stereocenters. The van der Waals surface area contributed by atoms with Crippen LogP contribution in [0.25, 0.3) is 0 Å². The zero-order chi connectivity index (χ0) is 27.3. The third-order valence-corrected chi connectivity index (χ3v) is 7.19. The summed E-state index contributed by atoms with van der Waals surface area (Å²) in [4.78, 5) is 51.8. The van der Waals surface area contributed by atoms with Gasteiger partial charge in [0.25, 0.3) is 0 Å². The summed E-state index contributed by atoms with van der Waals surface area (Å²) in [5.41, 5.74) is -1.78. The maximum Gasteiger partial charge on any atom is 0.471 e. The van der Waals surface area contributed by atoms with E-state index >= 15 is 0 Å². The minimum atomic E-state index is -5.17. The molecule has 3 aliphatic rings. The Morgan fingerprint density at radius 3 is 2.25 bits per heavy atom. The van der Waals surface area contributed by atoms with Crippen LogP contribution in [-0.4, -0.2) is 64.9 Å². The number of halogens is 3. The summed E-state index contributed by atoms with van der Waals surface area (Å²) in [7, 11) is 0. The molecule has 0 aromatic rings. The summed E-state index contributed by atoms with van der Waals surface area (Å²) in [5.74, 6) is -4.20. The number of nitrogens with zero attached hydrogens (tertiary/aromatic N) is 2. The monoisotopic (exact) mass is 513 g/mol. The fourth-order valence-corrected chi connectivity index (χ4v) is 5.11. The Morgan fingerprint density at radius 2 is 1.78 bits per heavy atom. The Kier molecular flexibility index (Phi) is 7.11. The van der Waals surface area contributed by atoms with Gasteiger partial charge in [0.2, 0.25) is 17.7 Å². The number of nitriles is 1. The molecule has 0 aromatic carbocycles. The summed E-state index contributed by atoms with van der Waals surface area (Å²) in [6.45, 7) is 8.29. The maximum atomic E-state index is 13.5. The Bertz CT molecular complexity index is 978. The van der Waals surface area contributed by atoms with E-state index in [4.69, 9.17) is 0 Å². The maximum absolute atomic E-state index is 13.5. The van der Waals surface area contributed by atoms with Crippen LogP contribution in [0.1, 0.15) is 66.7 Å². The Morgan fingerprint density at radius 1 is 1.17 bits per heavy atom. The molecule has 1 spiro atoms. The molecule has 1 saturated carbocycles. The second-order valence-corrected chi connectivity index (χ2v) is 12.2. The van der Waals surface area contributed by atoms with E-state index in [-0.39, 0.29) is 30.8 Å². The SMILES string of the molecule is CC1(C)C[C@@H](C(=O)N[C@H](C#N)C[C@@H]2CC3(CC3)NC2=O)N(C(=O)[C@@H](NC(=O)C(F)(F)F)C(C)(C)C)C1. The number of carbonyl (C=O) groups is 4. The van der Waals surface area contributed by atoms with Gasteiger partial charge in [-0.25, -0.2) is 0 Å². The Hall–Kier alpha value is -2.84. The molecule has 1 aliphatic carbocycles. The molecule has 0 bridgehead atoms. The van der Waals surface area contributed by atoms with Crippen molar-refractivity contribution >= 4 is 23.6 Å². The van der Waals surface area contributed by atoms with Crippen molar-refractivity contribution in [1.29, 1.82) is 5.26 Å². The zero-order valence-corrected chi connectivity index (χ0v) is 21.2. The number of hydrogen-bond acceptors (Lipinski definition) is 5. The van der Waals surface area contributed by atoms with E-state index in [1.54, 1.807) is 5.32 Å². The van der Waals surface area contributed by atoms with E-state index in [9.17, 15) is 37.6 Å². The lowest BCUT2D eigenvalue weighted by Gasteiger charge is -2.35. The van der Waals surface area contributed by atoms with Crippen LogP contribution >= 0.6 is 0 Å². The van der Waals surface area contributed by atoms with Crippen molar-refractivity contribution in [2.75, 3.05) is 6.54 Å². The van der Waals surface area contributed by atoms with Gasteiger partial charge in [-0.05, 0) is 42.9 Å². The minimum Gasteiger partial charge on any atom is -0.350 e. The lowest BCUT2D eigenvalue weighted by molar-refractivity contribution is -0.176. The lowest BCUT2D eigenvalue weighted by atomic mass is 9.85. The molecule has 36 heavy (non-hydrogen) atoms. The molecule has 200 valence electrons. The lowest BCUT2D eigenvalue weighted by Crippen LogP contribution is -2.59. The summed E-state index contributed by atoms with van der Waals surface area (Å²) >= 11 is 0. The van der Waals surface area contributed by atoms with Gasteiger partial charge in [-0.1, -0.05) is 34.6 Å². The van der Waals surface area contributed by atoms with E-state index in [2.05, 4.69) is 10.6 Å². The van der Waals surface area contributed by atoms with Gasteiger partial charge in [0, 0.05) is 18.0 Å². The third kappa shape index (κ3) is 6.10. The van der Waals surface area contributed by atoms with Gasteiger partial charge in [0.15, 0.2) is 0 Å². The van der Waals surface area contributed by atoms with Gasteiger partial charge in [-0.3, -0.25) is 19.2 Å². The molecule has 12 heteroatoms. The normalized spacial score (nSPS) is 26.1. The van der Waals surface area contributed by atoms with E-state index in [1.807, 2.05) is 19.9 Å². The molecule has 2 heterocycles. The molecule has 2 aliphatic heterocycles. The number of alkyl halides is 3. The number of nitrogens with one attached hydrogen (secondary N) is 3. The fourth-order valence-electron chi connectivity index (χ4n) is 5.11. The van der Waals surface area contributed by atoms with Crippen molar-refractivity contribution in [1.82, 2.24) is 20.9 Å². The average Bonchev–Trinajstić information content (AvgIpc) is 3.29. The molecular weight excluding hydrogens is 479 g/mol. The van der Waals surface area contributed by atoms with Crippen LogP contribution in [0.3, 0.4) is 0 Å². The summed E-state index contributed by atoms with van der Waals surface area (Å²) in [5, 5.41) is 17.0. The molecule has 3 fully saturated rings. The van der Waals surface area contributed by atoms with Crippen LogP contribution in [0.5, 0.6) is 0 Å². The second kappa shape index (κ2) is 9.23. The highest BCUT2D eigenvalue weighted by Gasteiger charge is 2.53. The molecule has 0 radical (unpaired) electrons. The van der Waals surface area contributed by atoms with E-state index in [0.717, 1.165) is 12.8 Å². The molecule has 0 aromatic heterocycles. The van der Waals surface area contributed by atoms with Gasteiger partial charge in [0.05, 0.1) is 6.07 Å². The quantitative estimate of drug-likeness (QED) is 0.498. The first-order chi connectivity index (χ1) is 16.4. The van der Waals surface area contributed by atoms with Crippen molar-refractivity contribution in [2.45, 2.75) is 96.6 Å². The van der Waals surface area contributed by atoms with Crippen molar-refractivity contribution < 1.29 is 32.3 Å². The highest BCUT2D eigenvalue weighted by molar-refractivity contribution is 5.94. The summed E-state index contributed by atoms with van der Waals surface area (Å²) in [6.07, 6.45) is -2.42. The number of likely N-dealkylation sites (tertiary alicyclic amines) is 1. The smallest absolute Gasteiger partial charge is 0.350 e. The van der Waals surface area contributed by atoms with Crippen LogP contribution in [0.2, 0.25) is 0 Å². The van der Waals surface area contributed by atoms with Crippen molar-refractivity contribution in [3.8, 4) is 6.07 Å². The van der Waals surface area contributed by atoms with Gasteiger partial charge in [0.1, 0.15) is 18.1 Å². The van der Waals surface area contributed by atoms with E-state index in [1.165, 1.54) is 25.7 Å². The number of amides is 4. The first kappa shape index (κ1) is 27.7. The van der Waals surface area contributed by atoms with Gasteiger partial charge in [-0.2, -0.15) is 18.4 Å². The molecule has 2 saturated heterocycles. The fraction of sp³-hybridized carbons (Fsp3) is 0.792. The number of rotatable bonds is 6. The third-order valence-electron chi connectivity index (χ3n) is 7.19. The van der Waals surface area contributed by atoms with Gasteiger partial charge < -0.3 is 20.9 Å². The minimum absolute atomic E-state index is 0.0865. The van der Waals surface area contributed by atoms with E-state index < -0.39 is 58.8 Å². The first-order valence-electron chi connectivity index (χ1n) is 12.1. The molecule has 4 amide bonds. The predicted octanol–water partition coefficient (Wildman–Crippen LogP) is 1.77. The van der Waals surface area contributed by atoms with Crippen LogP contribution in [-0.2, 0) is 19.2 Å². The van der Waals surface area contributed by atoms with Crippen LogP contribution in [0, 0.1) is 28.1 Å². The second-order valence-electron chi connectivity index (χ2n) is 12.2.